The number of aromatic nitrogens is 3. The Hall–Kier alpha value is -0.980. The van der Waals surface area contributed by atoms with Gasteiger partial charge in [0.05, 0.1) is 10.2 Å². The molecule has 0 atom stereocenters. The average Bonchev–Trinajstić information content (AvgIpc) is 2.79. The third-order valence-corrected chi connectivity index (χ3v) is 4.24. The molecule has 0 fully saturated rings. The van der Waals surface area contributed by atoms with Crippen molar-refractivity contribution in [2.75, 3.05) is 5.88 Å². The van der Waals surface area contributed by atoms with Crippen LogP contribution in [0.3, 0.4) is 0 Å². The summed E-state index contributed by atoms with van der Waals surface area (Å²) in [5, 5.41) is 0. The van der Waals surface area contributed by atoms with Gasteiger partial charge in [-0.25, -0.2) is 14.4 Å². The molecule has 3 nitrogen and oxygen atoms in total. The summed E-state index contributed by atoms with van der Waals surface area (Å²) in [7, 11) is 0. The molecule has 0 aliphatic rings. The number of nitrogens with zero attached hydrogens (tertiary/aromatic N) is 3. The highest BCUT2D eigenvalue weighted by Crippen LogP contribution is 2.26. The predicted octanol–water partition coefficient (Wildman–Crippen LogP) is 4.87. The van der Waals surface area contributed by atoms with Crippen LogP contribution in [0.25, 0.3) is 16.9 Å². The summed E-state index contributed by atoms with van der Waals surface area (Å²) < 4.78 is 16.6. The van der Waals surface area contributed by atoms with Crippen LogP contribution in [0.1, 0.15) is 5.82 Å². The molecule has 0 amide bonds. The Balaban J connectivity index is 2.27. The van der Waals surface area contributed by atoms with Crippen molar-refractivity contribution in [3.8, 4) is 5.69 Å². The topological polar surface area (TPSA) is 30.7 Å². The molecule has 0 bridgehead atoms. The summed E-state index contributed by atoms with van der Waals surface area (Å²) in [5.41, 5.74) is 2.28. The van der Waals surface area contributed by atoms with Crippen LogP contribution in [0.2, 0.25) is 0 Å². The second kappa shape index (κ2) is 6.02. The second-order valence-corrected chi connectivity index (χ2v) is 6.55. The first-order valence-electron chi connectivity index (χ1n) is 6.14. The molecule has 0 aliphatic carbocycles. The van der Waals surface area contributed by atoms with Crippen LogP contribution in [0.4, 0.5) is 4.39 Å². The minimum absolute atomic E-state index is 0.308. The Bertz CT molecular complexity index is 819. The number of aryl methyl sites for hydroxylation is 1. The highest BCUT2D eigenvalue weighted by molar-refractivity contribution is 9.10. The van der Waals surface area contributed by atoms with Crippen molar-refractivity contribution in [1.29, 1.82) is 0 Å². The van der Waals surface area contributed by atoms with Gasteiger partial charge in [0.1, 0.15) is 17.2 Å². The molecule has 0 unspecified atom stereocenters. The van der Waals surface area contributed by atoms with E-state index in [1.54, 1.807) is 18.3 Å². The van der Waals surface area contributed by atoms with E-state index >= 15 is 0 Å². The van der Waals surface area contributed by atoms with Gasteiger partial charge in [-0.05, 0) is 56.1 Å². The lowest BCUT2D eigenvalue weighted by molar-refractivity contribution is 0.620. The van der Waals surface area contributed by atoms with Gasteiger partial charge < -0.3 is 0 Å². The fourth-order valence-electron chi connectivity index (χ4n) is 2.13. The van der Waals surface area contributed by atoms with E-state index in [4.69, 9.17) is 11.6 Å². The Labute approximate surface area is 142 Å². The minimum atomic E-state index is -0.308. The van der Waals surface area contributed by atoms with Crippen LogP contribution in [-0.2, 0) is 6.42 Å². The zero-order valence-corrected chi connectivity index (χ0v) is 14.6. The molecule has 0 aliphatic heterocycles. The Morgan fingerprint density at radius 3 is 2.76 bits per heavy atom. The molecule has 0 N–H and O–H groups in total. The van der Waals surface area contributed by atoms with E-state index in [1.807, 2.05) is 10.6 Å². The molecule has 108 valence electrons. The number of benzene rings is 1. The number of alkyl halides is 1. The van der Waals surface area contributed by atoms with E-state index in [0.29, 0.717) is 16.8 Å². The Morgan fingerprint density at radius 2 is 2.05 bits per heavy atom. The SMILES string of the molecule is Fc1ccc(-n2c(CCCl)nc3cc(Br)cnc32)cc1Br. The van der Waals surface area contributed by atoms with Gasteiger partial charge in [0.15, 0.2) is 5.65 Å². The molecule has 0 spiro atoms. The van der Waals surface area contributed by atoms with Crippen molar-refractivity contribution in [1.82, 2.24) is 14.5 Å². The molecule has 21 heavy (non-hydrogen) atoms. The molecule has 0 radical (unpaired) electrons. The van der Waals surface area contributed by atoms with E-state index in [1.165, 1.54) is 6.07 Å². The average molecular weight is 434 g/mol. The van der Waals surface area contributed by atoms with Crippen molar-refractivity contribution in [3.63, 3.8) is 0 Å². The lowest BCUT2D eigenvalue weighted by Gasteiger charge is -2.08. The van der Waals surface area contributed by atoms with Crippen molar-refractivity contribution < 1.29 is 4.39 Å². The largest absolute Gasteiger partial charge is 0.281 e. The van der Waals surface area contributed by atoms with Crippen LogP contribution in [0.15, 0.2) is 39.4 Å². The molecule has 1 aromatic carbocycles. The van der Waals surface area contributed by atoms with Gasteiger partial charge >= 0.3 is 0 Å². The third-order valence-electron chi connectivity index (χ3n) is 3.01. The number of imidazole rings is 1. The predicted molar refractivity (Wildman–Crippen MR) is 88.6 cm³/mol. The zero-order valence-electron chi connectivity index (χ0n) is 10.7. The smallest absolute Gasteiger partial charge is 0.164 e. The maximum absolute atomic E-state index is 13.4. The van der Waals surface area contributed by atoms with Crippen LogP contribution < -0.4 is 0 Å². The van der Waals surface area contributed by atoms with Gasteiger partial charge in [0.2, 0.25) is 0 Å². The van der Waals surface area contributed by atoms with Gasteiger partial charge in [-0.1, -0.05) is 0 Å². The van der Waals surface area contributed by atoms with Crippen LogP contribution in [0, 0.1) is 5.82 Å². The summed E-state index contributed by atoms with van der Waals surface area (Å²) >= 11 is 12.5. The molecular weight excluding hydrogens is 424 g/mol. The van der Waals surface area contributed by atoms with E-state index in [9.17, 15) is 4.39 Å². The van der Waals surface area contributed by atoms with Crippen LogP contribution in [-0.4, -0.2) is 20.4 Å². The normalized spacial score (nSPS) is 11.2. The van der Waals surface area contributed by atoms with Crippen molar-refractivity contribution >= 4 is 54.6 Å². The first-order valence-corrected chi connectivity index (χ1v) is 8.26. The summed E-state index contributed by atoms with van der Waals surface area (Å²) in [5.74, 6) is 0.939. The van der Waals surface area contributed by atoms with Gasteiger partial charge in [0.25, 0.3) is 0 Å². The molecule has 0 saturated heterocycles. The van der Waals surface area contributed by atoms with Gasteiger partial charge in [-0.3, -0.25) is 4.57 Å². The lowest BCUT2D eigenvalue weighted by Crippen LogP contribution is -2.03. The molecule has 0 saturated carbocycles. The summed E-state index contributed by atoms with van der Waals surface area (Å²) in [6.07, 6.45) is 2.31. The molecule has 3 rings (SSSR count). The number of rotatable bonds is 3. The quantitative estimate of drug-likeness (QED) is 0.552. The van der Waals surface area contributed by atoms with E-state index in [-0.39, 0.29) is 5.82 Å². The highest BCUT2D eigenvalue weighted by Gasteiger charge is 2.14. The third kappa shape index (κ3) is 2.84. The summed E-state index contributed by atoms with van der Waals surface area (Å²) in [4.78, 5) is 8.98. The molecule has 3 aromatic rings. The molecule has 7 heteroatoms. The van der Waals surface area contributed by atoms with Crippen LogP contribution in [0.5, 0.6) is 0 Å². The molecule has 2 heterocycles. The maximum Gasteiger partial charge on any atom is 0.164 e. The molecule has 2 aromatic heterocycles. The van der Waals surface area contributed by atoms with E-state index in [2.05, 4.69) is 41.8 Å². The van der Waals surface area contributed by atoms with Crippen LogP contribution >= 0.6 is 43.5 Å². The number of pyridine rings is 1. The van der Waals surface area contributed by atoms with Crippen molar-refractivity contribution in [3.05, 3.63) is 51.0 Å². The Kier molecular flexibility index (Phi) is 4.28. The van der Waals surface area contributed by atoms with Crippen molar-refractivity contribution in [2.45, 2.75) is 6.42 Å². The standard InChI is InChI=1S/C14H9Br2ClFN3/c15-8-5-12-14(19-7-8)21(13(20-12)3-4-17)9-1-2-11(18)10(16)6-9/h1-2,5-7H,3-4H2. The summed E-state index contributed by atoms with van der Waals surface area (Å²) in [6.45, 7) is 0. The van der Waals surface area contributed by atoms with E-state index < -0.39 is 0 Å². The number of hydrogen-bond acceptors (Lipinski definition) is 2. The van der Waals surface area contributed by atoms with Crippen molar-refractivity contribution in [2.24, 2.45) is 0 Å². The highest BCUT2D eigenvalue weighted by atomic mass is 79.9. The Morgan fingerprint density at radius 1 is 1.24 bits per heavy atom. The van der Waals surface area contributed by atoms with Gasteiger partial charge in [0, 0.05) is 23.0 Å². The maximum atomic E-state index is 13.4. The first kappa shape index (κ1) is 14.9. The zero-order chi connectivity index (χ0) is 15.0. The first-order chi connectivity index (χ1) is 10.1. The fourth-order valence-corrected chi connectivity index (χ4v) is 2.99. The summed E-state index contributed by atoms with van der Waals surface area (Å²) in [6, 6.07) is 6.71. The molecular formula is C14H9Br2ClFN3. The second-order valence-electron chi connectivity index (χ2n) is 4.40. The lowest BCUT2D eigenvalue weighted by atomic mass is 10.3. The van der Waals surface area contributed by atoms with Gasteiger partial charge in [-0.2, -0.15) is 0 Å². The van der Waals surface area contributed by atoms with E-state index in [0.717, 1.165) is 27.1 Å². The fraction of sp³-hybridized carbons (Fsp3) is 0.143. The number of fused-ring (bicyclic) bond motifs is 1. The van der Waals surface area contributed by atoms with Gasteiger partial charge in [-0.15, -0.1) is 11.6 Å². The minimum Gasteiger partial charge on any atom is -0.281 e. The number of halogens is 4. The monoisotopic (exact) mass is 431 g/mol. The number of hydrogen-bond donors (Lipinski definition) is 0.